The molecule has 2 atom stereocenters. The fourth-order valence-corrected chi connectivity index (χ4v) is 7.22. The van der Waals surface area contributed by atoms with Crippen LogP contribution < -0.4 is 9.47 Å². The van der Waals surface area contributed by atoms with Crippen molar-refractivity contribution in [2.24, 2.45) is 0 Å². The van der Waals surface area contributed by atoms with E-state index in [1.165, 1.54) is 64.2 Å². The molecule has 0 aliphatic carbocycles. The topological polar surface area (TPSA) is 89.5 Å². The third-order valence-corrected chi connectivity index (χ3v) is 10.6. The lowest BCUT2D eigenvalue weighted by molar-refractivity contribution is -0.155. The standard InChI is InChI=1S/C50H78O8/c1-5-9-13-17-21-33-47(51)57-41(37-53-35-27-19-15-11-7-3)39-55-49-43-29-23-25-31-45(43)50(46-32-26-24-30-44(46)49)56-40-42(38-54-36-28-20-16-12-8-4)58-48(52)34-22-18-14-10-6-2/h23-26,29-32,41-42H,5-22,27-28,33-40H2,1-4H3. The summed E-state index contributed by atoms with van der Waals surface area (Å²) in [6.07, 6.45) is 21.9. The molecule has 0 fully saturated rings. The van der Waals surface area contributed by atoms with Gasteiger partial charge in [0.2, 0.25) is 0 Å². The third-order valence-electron chi connectivity index (χ3n) is 10.6. The van der Waals surface area contributed by atoms with E-state index in [4.69, 9.17) is 28.4 Å². The molecule has 0 aliphatic rings. The van der Waals surface area contributed by atoms with Crippen LogP contribution in [-0.2, 0) is 28.5 Å². The van der Waals surface area contributed by atoms with Gasteiger partial charge in [0.05, 0.1) is 13.2 Å². The summed E-state index contributed by atoms with van der Waals surface area (Å²) in [5.74, 6) is 0.997. The molecular formula is C50H78O8. The minimum atomic E-state index is -0.541. The summed E-state index contributed by atoms with van der Waals surface area (Å²) in [7, 11) is 0. The molecule has 0 bridgehead atoms. The number of benzene rings is 3. The average Bonchev–Trinajstić information content (AvgIpc) is 3.23. The first-order chi connectivity index (χ1) is 28.5. The number of ether oxygens (including phenoxy) is 6. The van der Waals surface area contributed by atoms with Crippen LogP contribution >= 0.6 is 0 Å². The molecular weight excluding hydrogens is 729 g/mol. The predicted molar refractivity (Wildman–Crippen MR) is 238 cm³/mol. The van der Waals surface area contributed by atoms with Crippen LogP contribution in [0.4, 0.5) is 0 Å². The van der Waals surface area contributed by atoms with E-state index in [9.17, 15) is 9.59 Å². The van der Waals surface area contributed by atoms with E-state index in [1.807, 2.05) is 48.5 Å². The minimum absolute atomic E-state index is 0.165. The number of rotatable bonds is 36. The van der Waals surface area contributed by atoms with Gasteiger partial charge in [-0.3, -0.25) is 9.59 Å². The van der Waals surface area contributed by atoms with Gasteiger partial charge in [-0.15, -0.1) is 0 Å². The van der Waals surface area contributed by atoms with Crippen molar-refractivity contribution in [2.45, 2.75) is 181 Å². The number of fused-ring (bicyclic) bond motifs is 2. The molecule has 0 spiro atoms. The average molecular weight is 807 g/mol. The SMILES string of the molecule is CCCCCCCOCC(COc1c2ccccc2c(OCC(COCCCCCCC)OC(=O)CCCCCCC)c2ccccc12)OC(=O)CCCCCCC. The Bertz CT molecular complexity index is 1350. The highest BCUT2D eigenvalue weighted by Crippen LogP contribution is 2.43. The highest BCUT2D eigenvalue weighted by molar-refractivity contribution is 6.11. The number of esters is 2. The Morgan fingerprint density at radius 1 is 0.414 bits per heavy atom. The second-order valence-corrected chi connectivity index (χ2v) is 15.9. The van der Waals surface area contributed by atoms with Crippen molar-refractivity contribution in [1.29, 1.82) is 0 Å². The monoisotopic (exact) mass is 807 g/mol. The van der Waals surface area contributed by atoms with Crippen molar-refractivity contribution < 1.29 is 38.0 Å². The van der Waals surface area contributed by atoms with Gasteiger partial charge in [0.15, 0.2) is 12.2 Å². The Morgan fingerprint density at radius 3 is 1.05 bits per heavy atom. The quantitative estimate of drug-likeness (QED) is 0.0326. The molecule has 0 N–H and O–H groups in total. The molecule has 0 amide bonds. The zero-order chi connectivity index (χ0) is 41.5. The zero-order valence-corrected chi connectivity index (χ0v) is 36.8. The smallest absolute Gasteiger partial charge is 0.306 e. The van der Waals surface area contributed by atoms with Gasteiger partial charge < -0.3 is 28.4 Å². The van der Waals surface area contributed by atoms with Gasteiger partial charge >= 0.3 is 11.9 Å². The molecule has 0 saturated carbocycles. The summed E-state index contributed by atoms with van der Waals surface area (Å²) in [6, 6.07) is 16.1. The maximum atomic E-state index is 13.0. The Kier molecular flexibility index (Phi) is 26.7. The molecule has 8 heteroatoms. The number of carbonyl (C=O) groups excluding carboxylic acids is 2. The third kappa shape index (κ3) is 19.6. The van der Waals surface area contributed by atoms with Gasteiger partial charge in [-0.2, -0.15) is 0 Å². The largest absolute Gasteiger partial charge is 0.488 e. The molecule has 2 unspecified atom stereocenters. The van der Waals surface area contributed by atoms with Gasteiger partial charge in [-0.05, 0) is 25.7 Å². The second-order valence-electron chi connectivity index (χ2n) is 15.9. The molecule has 326 valence electrons. The Morgan fingerprint density at radius 2 is 0.724 bits per heavy atom. The first kappa shape index (κ1) is 49.0. The summed E-state index contributed by atoms with van der Waals surface area (Å²) >= 11 is 0. The fourth-order valence-electron chi connectivity index (χ4n) is 7.22. The van der Waals surface area contributed by atoms with E-state index in [-0.39, 0.29) is 38.4 Å². The molecule has 0 saturated heterocycles. The van der Waals surface area contributed by atoms with Crippen LogP contribution in [0.15, 0.2) is 48.5 Å². The van der Waals surface area contributed by atoms with Crippen LogP contribution in [0.1, 0.15) is 169 Å². The van der Waals surface area contributed by atoms with Crippen LogP contribution in [0.3, 0.4) is 0 Å². The predicted octanol–water partition coefficient (Wildman–Crippen LogP) is 13.3. The van der Waals surface area contributed by atoms with Crippen molar-refractivity contribution in [3.63, 3.8) is 0 Å². The first-order valence-electron chi connectivity index (χ1n) is 23.3. The molecule has 0 aromatic heterocycles. The number of hydrogen-bond acceptors (Lipinski definition) is 8. The summed E-state index contributed by atoms with van der Waals surface area (Å²) in [6.45, 7) is 11.0. The van der Waals surface area contributed by atoms with Gasteiger partial charge in [0.1, 0.15) is 24.7 Å². The van der Waals surface area contributed by atoms with Crippen LogP contribution in [-0.4, -0.2) is 63.8 Å². The molecule has 0 heterocycles. The summed E-state index contributed by atoms with van der Waals surface area (Å²) < 4.78 is 37.5. The number of carbonyl (C=O) groups is 2. The van der Waals surface area contributed by atoms with Gasteiger partial charge in [0.25, 0.3) is 0 Å². The van der Waals surface area contributed by atoms with Crippen LogP contribution in [0.25, 0.3) is 21.5 Å². The molecule has 58 heavy (non-hydrogen) atoms. The Balaban J connectivity index is 1.78. The molecule has 3 rings (SSSR count). The highest BCUT2D eigenvalue weighted by Gasteiger charge is 2.22. The van der Waals surface area contributed by atoms with Gasteiger partial charge in [-0.1, -0.05) is 179 Å². The van der Waals surface area contributed by atoms with Gasteiger partial charge in [-0.25, -0.2) is 0 Å². The van der Waals surface area contributed by atoms with Crippen LogP contribution in [0.2, 0.25) is 0 Å². The highest BCUT2D eigenvalue weighted by atomic mass is 16.6. The maximum Gasteiger partial charge on any atom is 0.306 e. The molecule has 3 aromatic carbocycles. The normalized spacial score (nSPS) is 12.5. The second kappa shape index (κ2) is 31.5. The summed E-state index contributed by atoms with van der Waals surface area (Å²) in [4.78, 5) is 26.0. The molecule has 8 nitrogen and oxygen atoms in total. The number of hydrogen-bond donors (Lipinski definition) is 0. The van der Waals surface area contributed by atoms with Crippen LogP contribution in [0.5, 0.6) is 11.5 Å². The van der Waals surface area contributed by atoms with Crippen LogP contribution in [0, 0.1) is 0 Å². The van der Waals surface area contributed by atoms with Crippen molar-refractivity contribution in [3.05, 3.63) is 48.5 Å². The fraction of sp³-hybridized carbons (Fsp3) is 0.680. The lowest BCUT2D eigenvalue weighted by atomic mass is 10.0. The van der Waals surface area contributed by atoms with E-state index < -0.39 is 12.2 Å². The van der Waals surface area contributed by atoms with Crippen molar-refractivity contribution >= 4 is 33.5 Å². The number of unbranched alkanes of at least 4 members (excludes halogenated alkanes) is 16. The zero-order valence-electron chi connectivity index (χ0n) is 36.8. The Labute approximate surface area is 351 Å². The van der Waals surface area contributed by atoms with E-state index in [0.29, 0.717) is 37.6 Å². The van der Waals surface area contributed by atoms with Gasteiger partial charge in [0, 0.05) is 47.6 Å². The summed E-state index contributed by atoms with van der Waals surface area (Å²) in [5, 5.41) is 3.55. The minimum Gasteiger partial charge on any atom is -0.488 e. The summed E-state index contributed by atoms with van der Waals surface area (Å²) in [5.41, 5.74) is 0. The molecule has 0 aliphatic heterocycles. The van der Waals surface area contributed by atoms with Crippen molar-refractivity contribution in [3.8, 4) is 11.5 Å². The van der Waals surface area contributed by atoms with E-state index in [1.54, 1.807) is 0 Å². The first-order valence-corrected chi connectivity index (χ1v) is 23.3. The molecule has 3 aromatic rings. The van der Waals surface area contributed by atoms with E-state index >= 15 is 0 Å². The lowest BCUT2D eigenvalue weighted by Gasteiger charge is -2.23. The Hall–Kier alpha value is -3.36. The molecule has 0 radical (unpaired) electrons. The van der Waals surface area contributed by atoms with Crippen molar-refractivity contribution in [1.82, 2.24) is 0 Å². The lowest BCUT2D eigenvalue weighted by Crippen LogP contribution is -2.30. The van der Waals surface area contributed by atoms with Crippen molar-refractivity contribution in [2.75, 3.05) is 39.6 Å². The van der Waals surface area contributed by atoms with E-state index in [0.717, 1.165) is 85.8 Å². The van der Waals surface area contributed by atoms with E-state index in [2.05, 4.69) is 27.7 Å². The maximum absolute atomic E-state index is 13.0.